The zero-order valence-corrected chi connectivity index (χ0v) is 21.5. The van der Waals surface area contributed by atoms with Crippen molar-refractivity contribution in [3.05, 3.63) is 24.3 Å². The van der Waals surface area contributed by atoms with Gasteiger partial charge in [0.05, 0.1) is 35.8 Å². The van der Waals surface area contributed by atoms with Crippen LogP contribution in [0, 0.1) is 17.8 Å². The number of carbonyl (C=O) groups is 3. The van der Waals surface area contributed by atoms with Gasteiger partial charge in [0.15, 0.2) is 0 Å². The number of cyclic esters (lactones) is 1. The van der Waals surface area contributed by atoms with Gasteiger partial charge < -0.3 is 19.6 Å². The molecule has 4 aliphatic rings. The first kappa shape index (κ1) is 25.3. The second-order valence-corrected chi connectivity index (χ2v) is 12.0. The van der Waals surface area contributed by atoms with E-state index in [1.807, 2.05) is 43.1 Å². The summed E-state index contributed by atoms with van der Waals surface area (Å²) in [5.74, 6) is -1.74. The SMILES string of the molecule is CCCC(C)N1CC=C[C@]23S[C@H]4C=CCCOC(=O)[C@H]4[C@H]2C(=O)N([C@@H](CO)CC(C)C)C3C1=O. The first-order valence-corrected chi connectivity index (χ1v) is 13.6. The number of ether oxygens (including phenoxy) is 1. The summed E-state index contributed by atoms with van der Waals surface area (Å²) in [6, 6.07) is -1.19. The lowest BCUT2D eigenvalue weighted by Gasteiger charge is -2.40. The molecule has 0 saturated carbocycles. The van der Waals surface area contributed by atoms with Gasteiger partial charge in [0.25, 0.3) is 0 Å². The third-order valence-electron chi connectivity index (χ3n) is 7.68. The molecule has 0 bridgehead atoms. The van der Waals surface area contributed by atoms with Crippen LogP contribution in [-0.4, -0.2) is 80.6 Å². The highest BCUT2D eigenvalue weighted by molar-refractivity contribution is 8.02. The first-order chi connectivity index (χ1) is 16.3. The molecule has 34 heavy (non-hydrogen) atoms. The zero-order chi connectivity index (χ0) is 24.6. The molecule has 0 aromatic rings. The lowest BCUT2D eigenvalue weighted by atomic mass is 9.78. The maximum Gasteiger partial charge on any atom is 0.311 e. The number of aliphatic hydroxyl groups excluding tert-OH is 1. The van der Waals surface area contributed by atoms with Crippen LogP contribution in [0.1, 0.15) is 53.4 Å². The third-order valence-corrected chi connectivity index (χ3v) is 9.42. The zero-order valence-electron chi connectivity index (χ0n) is 20.7. The van der Waals surface area contributed by atoms with E-state index in [2.05, 4.69) is 13.8 Å². The van der Waals surface area contributed by atoms with Gasteiger partial charge in [-0.2, -0.15) is 0 Å². The summed E-state index contributed by atoms with van der Waals surface area (Å²) < 4.78 is 4.66. The summed E-state index contributed by atoms with van der Waals surface area (Å²) in [5, 5.41) is 10.1. The van der Waals surface area contributed by atoms with Gasteiger partial charge in [-0.25, -0.2) is 0 Å². The number of thioether (sulfide) groups is 1. The number of hydrogen-bond donors (Lipinski definition) is 1. The predicted octanol–water partition coefficient (Wildman–Crippen LogP) is 2.78. The van der Waals surface area contributed by atoms with Crippen LogP contribution in [0.2, 0.25) is 0 Å². The van der Waals surface area contributed by atoms with Crippen LogP contribution in [0.5, 0.6) is 0 Å². The number of aliphatic hydroxyl groups is 1. The molecule has 8 heteroatoms. The third kappa shape index (κ3) is 4.11. The molecule has 7 atom stereocenters. The largest absolute Gasteiger partial charge is 0.465 e. The van der Waals surface area contributed by atoms with Gasteiger partial charge in [-0.05, 0) is 32.1 Å². The lowest BCUT2D eigenvalue weighted by Crippen LogP contribution is -2.58. The summed E-state index contributed by atoms with van der Waals surface area (Å²) in [6.45, 7) is 8.82. The minimum absolute atomic E-state index is 0.0379. The Kier molecular flexibility index (Phi) is 7.48. The van der Waals surface area contributed by atoms with E-state index in [1.54, 1.807) is 16.7 Å². The number of likely N-dealkylation sites (tertiary alicyclic amines) is 1. The van der Waals surface area contributed by atoms with Crippen molar-refractivity contribution in [3.8, 4) is 0 Å². The van der Waals surface area contributed by atoms with Gasteiger partial charge >= 0.3 is 5.97 Å². The van der Waals surface area contributed by atoms with E-state index in [0.29, 0.717) is 26.0 Å². The lowest BCUT2D eigenvalue weighted by molar-refractivity contribution is -0.154. The van der Waals surface area contributed by atoms with Crippen molar-refractivity contribution < 1.29 is 24.2 Å². The molecule has 188 valence electrons. The minimum atomic E-state index is -0.859. The van der Waals surface area contributed by atoms with E-state index in [4.69, 9.17) is 4.74 Å². The summed E-state index contributed by atoms with van der Waals surface area (Å²) >= 11 is 1.56. The molecule has 4 aliphatic heterocycles. The Hall–Kier alpha value is -1.80. The Labute approximate surface area is 206 Å². The molecular weight excluding hydrogens is 452 g/mol. The van der Waals surface area contributed by atoms with E-state index in [9.17, 15) is 19.5 Å². The number of nitrogens with zero attached hydrogens (tertiary/aromatic N) is 2. The van der Waals surface area contributed by atoms with Crippen molar-refractivity contribution in [2.75, 3.05) is 19.8 Å². The average molecular weight is 491 g/mol. The van der Waals surface area contributed by atoms with E-state index in [1.165, 1.54) is 0 Å². The van der Waals surface area contributed by atoms with Gasteiger partial charge in [-0.15, -0.1) is 11.8 Å². The number of hydrogen-bond acceptors (Lipinski definition) is 6. The van der Waals surface area contributed by atoms with E-state index in [-0.39, 0.29) is 41.6 Å². The Morgan fingerprint density at radius 2 is 1.97 bits per heavy atom. The summed E-state index contributed by atoms with van der Waals surface area (Å²) in [7, 11) is 0. The standard InChI is InChI=1S/C26H38N2O5S/c1-5-9-17(4)27-12-8-11-26-21(20-19(34-26)10-6-7-13-33-25(20)32)23(30)28(22(26)24(27)31)18(15-29)14-16(2)3/h6,8,10-11,16-22,29H,5,7,9,12-15H2,1-4H3/t17?,18-,19+,20-,21+,22?,26+/m1/s1. The fourth-order valence-electron chi connectivity index (χ4n) is 6.25. The molecule has 4 heterocycles. The summed E-state index contributed by atoms with van der Waals surface area (Å²) in [6.07, 6.45) is 11.1. The van der Waals surface area contributed by atoms with Crippen molar-refractivity contribution in [3.63, 3.8) is 0 Å². The van der Waals surface area contributed by atoms with Crippen molar-refractivity contribution in [1.82, 2.24) is 9.80 Å². The highest BCUT2D eigenvalue weighted by Crippen LogP contribution is 2.61. The van der Waals surface area contributed by atoms with E-state index in [0.717, 1.165) is 12.8 Å². The molecule has 4 rings (SSSR count). The maximum atomic E-state index is 14.2. The van der Waals surface area contributed by atoms with Crippen LogP contribution in [0.4, 0.5) is 0 Å². The molecule has 2 unspecified atom stereocenters. The van der Waals surface area contributed by atoms with Gasteiger partial charge in [0.2, 0.25) is 11.8 Å². The van der Waals surface area contributed by atoms with Crippen LogP contribution in [0.25, 0.3) is 0 Å². The van der Waals surface area contributed by atoms with Gasteiger partial charge in [0.1, 0.15) is 6.04 Å². The topological polar surface area (TPSA) is 87.2 Å². The molecule has 0 aliphatic carbocycles. The molecule has 0 aromatic carbocycles. The summed E-state index contributed by atoms with van der Waals surface area (Å²) in [5.41, 5.74) is 0. The molecule has 0 aromatic heterocycles. The Balaban J connectivity index is 1.84. The van der Waals surface area contributed by atoms with Crippen LogP contribution in [0.15, 0.2) is 24.3 Å². The molecule has 2 saturated heterocycles. The second-order valence-electron chi connectivity index (χ2n) is 10.5. The summed E-state index contributed by atoms with van der Waals surface area (Å²) in [4.78, 5) is 45.1. The van der Waals surface area contributed by atoms with E-state index < -0.39 is 28.7 Å². The van der Waals surface area contributed by atoms with Crippen LogP contribution < -0.4 is 0 Å². The average Bonchev–Trinajstić information content (AvgIpc) is 3.16. The molecule has 1 N–H and O–H groups in total. The molecule has 7 nitrogen and oxygen atoms in total. The number of amides is 2. The molecular formula is C26H38N2O5S. The van der Waals surface area contributed by atoms with Gasteiger partial charge in [-0.1, -0.05) is 51.5 Å². The Morgan fingerprint density at radius 3 is 2.65 bits per heavy atom. The fraction of sp³-hybridized carbons (Fsp3) is 0.731. The van der Waals surface area contributed by atoms with Crippen LogP contribution in [0.3, 0.4) is 0 Å². The Morgan fingerprint density at radius 1 is 1.21 bits per heavy atom. The smallest absolute Gasteiger partial charge is 0.311 e. The molecule has 0 radical (unpaired) electrons. The monoisotopic (exact) mass is 490 g/mol. The minimum Gasteiger partial charge on any atom is -0.465 e. The quantitative estimate of drug-likeness (QED) is 0.436. The van der Waals surface area contributed by atoms with Crippen molar-refractivity contribution in [2.24, 2.45) is 17.8 Å². The maximum absolute atomic E-state index is 14.2. The molecule has 1 spiro atoms. The van der Waals surface area contributed by atoms with Gasteiger partial charge in [-0.3, -0.25) is 14.4 Å². The van der Waals surface area contributed by atoms with Crippen LogP contribution in [-0.2, 0) is 19.1 Å². The number of esters is 1. The Bertz CT molecular complexity index is 873. The highest BCUT2D eigenvalue weighted by Gasteiger charge is 2.71. The normalized spacial score (nSPS) is 34.8. The van der Waals surface area contributed by atoms with Gasteiger partial charge in [0, 0.05) is 17.8 Å². The number of carbonyl (C=O) groups excluding carboxylic acids is 3. The van der Waals surface area contributed by atoms with Crippen molar-refractivity contribution in [1.29, 1.82) is 0 Å². The van der Waals surface area contributed by atoms with Crippen molar-refractivity contribution >= 4 is 29.5 Å². The fourth-order valence-corrected chi connectivity index (χ4v) is 8.24. The number of fused-ring (bicyclic) bond motifs is 2. The predicted molar refractivity (Wildman–Crippen MR) is 132 cm³/mol. The second kappa shape index (κ2) is 10.1. The highest BCUT2D eigenvalue weighted by atomic mass is 32.2. The van der Waals surface area contributed by atoms with E-state index >= 15 is 0 Å². The first-order valence-electron chi connectivity index (χ1n) is 12.7. The van der Waals surface area contributed by atoms with Crippen molar-refractivity contribution in [2.45, 2.75) is 81.5 Å². The molecule has 2 amide bonds. The van der Waals surface area contributed by atoms with Crippen LogP contribution >= 0.6 is 11.8 Å². The number of rotatable bonds is 7. The molecule has 2 fully saturated rings.